The lowest BCUT2D eigenvalue weighted by molar-refractivity contribution is 0.0600. The number of nitrogens with zero attached hydrogens (tertiary/aromatic N) is 1. The van der Waals surface area contributed by atoms with Gasteiger partial charge in [0.2, 0.25) is 0 Å². The van der Waals surface area contributed by atoms with Crippen LogP contribution in [0.3, 0.4) is 0 Å². The summed E-state index contributed by atoms with van der Waals surface area (Å²) in [5.74, 6) is 1.25. The molecule has 1 N–H and O–H groups in total. The van der Waals surface area contributed by atoms with E-state index < -0.39 is 0 Å². The molecule has 1 heterocycles. The van der Waals surface area contributed by atoms with Crippen molar-refractivity contribution in [1.29, 1.82) is 0 Å². The van der Waals surface area contributed by atoms with E-state index in [1.807, 2.05) is 18.2 Å². The molecule has 40 heavy (non-hydrogen) atoms. The lowest BCUT2D eigenvalue weighted by Crippen LogP contribution is -2.40. The number of rotatable bonds is 8. The van der Waals surface area contributed by atoms with Crippen LogP contribution in [0.25, 0.3) is 11.1 Å². The van der Waals surface area contributed by atoms with Crippen molar-refractivity contribution in [3.63, 3.8) is 0 Å². The van der Waals surface area contributed by atoms with Crippen molar-refractivity contribution in [1.82, 2.24) is 10.2 Å². The molecular weight excluding hydrogens is 496 g/mol. The molecule has 206 valence electrons. The number of amides is 1. The second-order valence-corrected chi connectivity index (χ2v) is 12.8. The molecule has 2 saturated carbocycles. The number of likely N-dealkylation sites (tertiary alicyclic amines) is 1. The lowest BCUT2D eigenvalue weighted by Gasteiger charge is -2.41. The van der Waals surface area contributed by atoms with E-state index in [1.165, 1.54) is 49.6 Å². The number of methoxy groups -OCH3 is 1. The first-order valence-electron chi connectivity index (χ1n) is 14.8. The van der Waals surface area contributed by atoms with E-state index in [0.717, 1.165) is 35.4 Å². The van der Waals surface area contributed by atoms with E-state index in [1.54, 1.807) is 12.1 Å². The zero-order valence-electron chi connectivity index (χ0n) is 23.7. The predicted octanol–water partition coefficient (Wildman–Crippen LogP) is 5.80. The molecule has 5 unspecified atom stereocenters. The first-order valence-corrected chi connectivity index (χ1v) is 14.8. The molecule has 3 aromatic rings. The third-order valence-electron chi connectivity index (χ3n) is 10.5. The first-order chi connectivity index (χ1) is 19.3. The molecule has 4 aliphatic rings. The minimum Gasteiger partial charge on any atom is -0.465 e. The largest absolute Gasteiger partial charge is 0.465 e. The summed E-state index contributed by atoms with van der Waals surface area (Å²) in [6.45, 7) is 6.79. The minimum absolute atomic E-state index is 0.0140. The quantitative estimate of drug-likeness (QED) is 0.293. The highest BCUT2D eigenvalue weighted by Gasteiger charge is 2.75. The van der Waals surface area contributed by atoms with Crippen molar-refractivity contribution in [2.24, 2.45) is 11.8 Å². The zero-order valence-corrected chi connectivity index (χ0v) is 23.7. The summed E-state index contributed by atoms with van der Waals surface area (Å²) < 4.78 is 4.77. The number of hydrogen-bond donors (Lipinski definition) is 1. The minimum atomic E-state index is -0.332. The van der Waals surface area contributed by atoms with Crippen molar-refractivity contribution in [2.75, 3.05) is 20.2 Å². The van der Waals surface area contributed by atoms with Crippen LogP contribution >= 0.6 is 0 Å². The topological polar surface area (TPSA) is 58.4 Å². The maximum atomic E-state index is 13.1. The SMILES string of the molecule is COC(=O)c1ccc(-c2ccc(CCNC(=O)c3ccc4c(c3)C3(C)CC5(C4)C(C3C)N5CC3CC3)cc2)cc1. The number of nitrogens with one attached hydrogen (secondary N) is 1. The molecule has 3 aromatic carbocycles. The van der Waals surface area contributed by atoms with Gasteiger partial charge in [-0.05, 0) is 101 Å². The van der Waals surface area contributed by atoms with Crippen LogP contribution < -0.4 is 5.32 Å². The highest BCUT2D eigenvalue weighted by molar-refractivity contribution is 5.94. The van der Waals surface area contributed by atoms with E-state index in [9.17, 15) is 9.59 Å². The highest BCUT2D eigenvalue weighted by Crippen LogP contribution is 2.68. The average molecular weight is 535 g/mol. The fourth-order valence-electron chi connectivity index (χ4n) is 7.97. The average Bonchev–Trinajstić information content (AvgIpc) is 3.88. The molecule has 5 heteroatoms. The zero-order chi connectivity index (χ0) is 27.6. The molecule has 1 aliphatic heterocycles. The van der Waals surface area contributed by atoms with E-state index in [-0.39, 0.29) is 17.3 Å². The summed E-state index contributed by atoms with van der Waals surface area (Å²) in [6.07, 6.45) is 5.99. The molecule has 5 atom stereocenters. The highest BCUT2D eigenvalue weighted by atomic mass is 16.5. The number of piperidine rings is 1. The Labute approximate surface area is 236 Å². The first kappa shape index (κ1) is 25.5. The Hall–Kier alpha value is -3.44. The molecule has 5 nitrogen and oxygen atoms in total. The molecule has 7 rings (SSSR count). The van der Waals surface area contributed by atoms with Crippen LogP contribution in [0.5, 0.6) is 0 Å². The van der Waals surface area contributed by atoms with Crippen LogP contribution in [0.4, 0.5) is 0 Å². The maximum absolute atomic E-state index is 13.1. The third-order valence-corrected chi connectivity index (χ3v) is 10.5. The van der Waals surface area contributed by atoms with Crippen LogP contribution in [-0.4, -0.2) is 48.6 Å². The van der Waals surface area contributed by atoms with Gasteiger partial charge in [0, 0.05) is 30.2 Å². The Balaban J connectivity index is 0.973. The summed E-state index contributed by atoms with van der Waals surface area (Å²) in [6, 6.07) is 23.0. The van der Waals surface area contributed by atoms with Gasteiger partial charge >= 0.3 is 5.97 Å². The number of carbonyl (C=O) groups is 2. The standard InChI is InChI=1S/C35H38N2O3/c1-22-31-35(37(31)20-24-4-5-24)19-29-15-14-28(18-30(29)34(22,2)21-35)32(38)36-17-16-23-6-8-25(9-7-23)26-10-12-27(13-11-26)33(39)40-3/h6-15,18,22,24,31H,4-5,16-17,19-21H2,1-3H3,(H,36,38). The van der Waals surface area contributed by atoms with Gasteiger partial charge in [0.05, 0.1) is 12.7 Å². The van der Waals surface area contributed by atoms with Crippen molar-refractivity contribution in [3.8, 4) is 11.1 Å². The second kappa shape index (κ2) is 9.31. The summed E-state index contributed by atoms with van der Waals surface area (Å²) >= 11 is 0. The molecule has 1 spiro atoms. The molecule has 3 aliphatic carbocycles. The normalized spacial score (nSPS) is 29.3. The van der Waals surface area contributed by atoms with E-state index in [4.69, 9.17) is 4.74 Å². The fraction of sp³-hybridized carbons (Fsp3) is 0.429. The van der Waals surface area contributed by atoms with Crippen LogP contribution in [0.1, 0.15) is 70.5 Å². The number of hydrogen-bond acceptors (Lipinski definition) is 4. The fourth-order valence-corrected chi connectivity index (χ4v) is 7.97. The van der Waals surface area contributed by atoms with Gasteiger partial charge in [-0.3, -0.25) is 9.69 Å². The molecule has 2 bridgehead atoms. The van der Waals surface area contributed by atoms with Crippen molar-refractivity contribution in [3.05, 3.63) is 94.5 Å². The maximum Gasteiger partial charge on any atom is 0.337 e. The van der Waals surface area contributed by atoms with Gasteiger partial charge in [-0.1, -0.05) is 56.3 Å². The van der Waals surface area contributed by atoms with Gasteiger partial charge in [-0.25, -0.2) is 4.79 Å². The summed E-state index contributed by atoms with van der Waals surface area (Å²) in [4.78, 5) is 27.6. The second-order valence-electron chi connectivity index (χ2n) is 12.8. The molecule has 0 aromatic heterocycles. The van der Waals surface area contributed by atoms with Crippen LogP contribution in [0.15, 0.2) is 66.7 Å². The van der Waals surface area contributed by atoms with E-state index >= 15 is 0 Å². The van der Waals surface area contributed by atoms with Crippen molar-refractivity contribution >= 4 is 11.9 Å². The van der Waals surface area contributed by atoms with Crippen LogP contribution in [0, 0.1) is 11.8 Å². The van der Waals surface area contributed by atoms with E-state index in [2.05, 4.69) is 60.5 Å². The molecule has 0 radical (unpaired) electrons. The Morgan fingerprint density at radius 3 is 2.33 bits per heavy atom. The number of carbonyl (C=O) groups excluding carboxylic acids is 2. The summed E-state index contributed by atoms with van der Waals surface area (Å²) in [5, 5.41) is 3.15. The van der Waals surface area contributed by atoms with Gasteiger partial charge in [0.25, 0.3) is 5.91 Å². The molecule has 1 saturated heterocycles. The molecule has 1 amide bonds. The van der Waals surface area contributed by atoms with Gasteiger partial charge in [-0.2, -0.15) is 0 Å². The Morgan fingerprint density at radius 1 is 0.975 bits per heavy atom. The Bertz CT molecular complexity index is 1480. The Kier molecular flexibility index (Phi) is 5.94. The lowest BCUT2D eigenvalue weighted by atomic mass is 9.67. The van der Waals surface area contributed by atoms with Crippen molar-refractivity contribution < 1.29 is 14.3 Å². The summed E-state index contributed by atoms with van der Waals surface area (Å²) in [5.41, 5.74) is 8.04. The van der Waals surface area contributed by atoms with Crippen LogP contribution in [0.2, 0.25) is 0 Å². The monoisotopic (exact) mass is 534 g/mol. The molecular formula is C35H38N2O3. The number of ether oxygens (including phenoxy) is 1. The number of benzene rings is 3. The summed E-state index contributed by atoms with van der Waals surface area (Å²) in [7, 11) is 1.39. The predicted molar refractivity (Wildman–Crippen MR) is 156 cm³/mol. The van der Waals surface area contributed by atoms with Gasteiger partial charge in [-0.15, -0.1) is 0 Å². The van der Waals surface area contributed by atoms with Crippen molar-refractivity contribution in [2.45, 2.75) is 62.9 Å². The molecule has 3 fully saturated rings. The van der Waals surface area contributed by atoms with Gasteiger partial charge < -0.3 is 10.1 Å². The third kappa shape index (κ3) is 4.09. The van der Waals surface area contributed by atoms with Crippen LogP contribution in [-0.2, 0) is 23.0 Å². The van der Waals surface area contributed by atoms with Gasteiger partial charge in [0.1, 0.15) is 0 Å². The smallest absolute Gasteiger partial charge is 0.337 e. The van der Waals surface area contributed by atoms with Gasteiger partial charge in [0.15, 0.2) is 0 Å². The Morgan fingerprint density at radius 2 is 1.65 bits per heavy atom. The number of esters is 1. The van der Waals surface area contributed by atoms with E-state index in [0.29, 0.717) is 29.6 Å². The number of fused-ring (bicyclic) bond motifs is 3.